The predicted octanol–water partition coefficient (Wildman–Crippen LogP) is 2.52. The fraction of sp³-hybridized carbons (Fsp3) is 0.375. The van der Waals surface area contributed by atoms with Crippen molar-refractivity contribution in [3.63, 3.8) is 0 Å². The molecule has 2 N–H and O–H groups in total. The highest BCUT2D eigenvalue weighted by Gasteiger charge is 2.22. The van der Waals surface area contributed by atoms with Crippen molar-refractivity contribution in [2.24, 2.45) is 0 Å². The zero-order valence-electron chi connectivity index (χ0n) is 12.8. The monoisotopic (exact) mass is 306 g/mol. The molecule has 118 valence electrons. The molecule has 22 heavy (non-hydrogen) atoms. The zero-order chi connectivity index (χ0) is 16.3. The van der Waals surface area contributed by atoms with E-state index in [1.54, 1.807) is 13.8 Å². The molecule has 0 spiro atoms. The smallest absolute Gasteiger partial charge is 0.287 e. The Bertz CT molecular complexity index is 709. The van der Waals surface area contributed by atoms with Gasteiger partial charge in [0.1, 0.15) is 17.4 Å². The van der Waals surface area contributed by atoms with Gasteiger partial charge in [-0.15, -0.1) is 0 Å². The lowest BCUT2D eigenvalue weighted by Crippen LogP contribution is -2.45. The molecule has 0 bridgehead atoms. The Hall–Kier alpha value is -2.37. The number of hydrogen-bond donors (Lipinski definition) is 2. The van der Waals surface area contributed by atoms with Crippen molar-refractivity contribution >= 4 is 22.8 Å². The summed E-state index contributed by atoms with van der Waals surface area (Å²) in [6, 6.07) is 3.39. The van der Waals surface area contributed by atoms with Crippen LogP contribution in [0.5, 0.6) is 0 Å². The zero-order valence-corrected chi connectivity index (χ0v) is 12.8. The van der Waals surface area contributed by atoms with Crippen molar-refractivity contribution in [1.82, 2.24) is 10.6 Å². The van der Waals surface area contributed by atoms with E-state index in [0.717, 1.165) is 6.42 Å². The van der Waals surface area contributed by atoms with Gasteiger partial charge in [0, 0.05) is 17.5 Å². The molecule has 1 aromatic heterocycles. The maximum Gasteiger partial charge on any atom is 0.287 e. The van der Waals surface area contributed by atoms with E-state index in [1.807, 2.05) is 6.92 Å². The van der Waals surface area contributed by atoms with Gasteiger partial charge >= 0.3 is 0 Å². The summed E-state index contributed by atoms with van der Waals surface area (Å²) in [7, 11) is 0. The van der Waals surface area contributed by atoms with Gasteiger partial charge in [-0.3, -0.25) is 9.59 Å². The van der Waals surface area contributed by atoms with Gasteiger partial charge in [-0.05, 0) is 38.5 Å². The normalized spacial score (nSPS) is 12.2. The number of rotatable bonds is 5. The highest BCUT2D eigenvalue weighted by atomic mass is 19.1. The van der Waals surface area contributed by atoms with Crippen LogP contribution in [0.15, 0.2) is 22.6 Å². The third kappa shape index (κ3) is 3.27. The van der Waals surface area contributed by atoms with Crippen LogP contribution < -0.4 is 10.6 Å². The van der Waals surface area contributed by atoms with Gasteiger partial charge in [0.15, 0.2) is 5.76 Å². The Kier molecular flexibility index (Phi) is 4.80. The van der Waals surface area contributed by atoms with E-state index in [-0.39, 0.29) is 11.7 Å². The number of benzene rings is 1. The minimum atomic E-state index is -0.677. The Labute approximate surface area is 127 Å². The van der Waals surface area contributed by atoms with Gasteiger partial charge in [-0.1, -0.05) is 6.92 Å². The summed E-state index contributed by atoms with van der Waals surface area (Å²) < 4.78 is 18.7. The van der Waals surface area contributed by atoms with Gasteiger partial charge in [0.05, 0.1) is 0 Å². The number of aryl methyl sites for hydroxylation is 1. The lowest BCUT2D eigenvalue weighted by atomic mass is 10.1. The molecular formula is C16H19FN2O3. The molecule has 2 rings (SSSR count). The third-order valence-corrected chi connectivity index (χ3v) is 3.39. The van der Waals surface area contributed by atoms with Crippen LogP contribution in [-0.2, 0) is 4.79 Å². The first kappa shape index (κ1) is 16.0. The van der Waals surface area contributed by atoms with Crippen molar-refractivity contribution in [3.05, 3.63) is 35.3 Å². The quantitative estimate of drug-likeness (QED) is 0.891. The van der Waals surface area contributed by atoms with E-state index >= 15 is 0 Å². The summed E-state index contributed by atoms with van der Waals surface area (Å²) in [5, 5.41) is 5.84. The molecule has 1 atom stereocenters. The van der Waals surface area contributed by atoms with Crippen LogP contribution in [0.2, 0.25) is 0 Å². The number of nitrogens with one attached hydrogen (secondary N) is 2. The molecule has 2 amide bonds. The van der Waals surface area contributed by atoms with Crippen LogP contribution in [0.25, 0.3) is 11.0 Å². The lowest BCUT2D eigenvalue weighted by Gasteiger charge is -2.13. The Balaban J connectivity index is 2.16. The summed E-state index contributed by atoms with van der Waals surface area (Å²) >= 11 is 0. The number of hydrogen-bond acceptors (Lipinski definition) is 3. The Morgan fingerprint density at radius 3 is 2.77 bits per heavy atom. The largest absolute Gasteiger partial charge is 0.451 e. The molecule has 0 saturated carbocycles. The molecule has 5 nitrogen and oxygen atoms in total. The highest BCUT2D eigenvalue weighted by Crippen LogP contribution is 2.25. The van der Waals surface area contributed by atoms with E-state index in [2.05, 4.69) is 10.6 Å². The molecule has 0 aliphatic carbocycles. The van der Waals surface area contributed by atoms with Crippen molar-refractivity contribution in [3.8, 4) is 0 Å². The molecule has 0 fully saturated rings. The molecular weight excluding hydrogens is 287 g/mol. The molecule has 2 aromatic rings. The van der Waals surface area contributed by atoms with Crippen molar-refractivity contribution in [2.45, 2.75) is 33.2 Å². The minimum absolute atomic E-state index is 0.0933. The fourth-order valence-corrected chi connectivity index (χ4v) is 2.14. The summed E-state index contributed by atoms with van der Waals surface area (Å²) in [6.07, 6.45) is 0.820. The van der Waals surface area contributed by atoms with Crippen LogP contribution in [0, 0.1) is 12.7 Å². The SMILES string of the molecule is CCCNC(=O)[C@@H](C)NC(=O)c1oc2ccc(F)cc2c1C. The first-order valence-electron chi connectivity index (χ1n) is 7.21. The standard InChI is InChI=1S/C16H19FN2O3/c1-4-7-18-15(20)10(3)19-16(21)14-9(2)12-8-11(17)5-6-13(12)22-14/h5-6,8,10H,4,7H2,1-3H3,(H,18,20)(H,19,21)/t10-/m1/s1. The number of halogens is 1. The van der Waals surface area contributed by atoms with Gasteiger partial charge < -0.3 is 15.1 Å². The van der Waals surface area contributed by atoms with Crippen LogP contribution >= 0.6 is 0 Å². The van der Waals surface area contributed by atoms with Crippen LogP contribution in [0.1, 0.15) is 36.4 Å². The van der Waals surface area contributed by atoms with E-state index in [9.17, 15) is 14.0 Å². The van der Waals surface area contributed by atoms with Crippen molar-refractivity contribution in [2.75, 3.05) is 6.54 Å². The molecule has 1 aromatic carbocycles. The lowest BCUT2D eigenvalue weighted by molar-refractivity contribution is -0.122. The second-order valence-corrected chi connectivity index (χ2v) is 5.18. The molecule has 6 heteroatoms. The molecule has 0 radical (unpaired) electrons. The number of furan rings is 1. The molecule has 0 unspecified atom stereocenters. The molecule has 0 aliphatic heterocycles. The minimum Gasteiger partial charge on any atom is -0.451 e. The number of amides is 2. The van der Waals surface area contributed by atoms with E-state index in [1.165, 1.54) is 18.2 Å². The van der Waals surface area contributed by atoms with E-state index in [0.29, 0.717) is 23.1 Å². The van der Waals surface area contributed by atoms with Crippen molar-refractivity contribution in [1.29, 1.82) is 0 Å². The maximum atomic E-state index is 13.3. The van der Waals surface area contributed by atoms with Gasteiger partial charge in [-0.25, -0.2) is 4.39 Å². The average Bonchev–Trinajstić information content (AvgIpc) is 2.81. The van der Waals surface area contributed by atoms with Gasteiger partial charge in [0.25, 0.3) is 5.91 Å². The summed E-state index contributed by atoms with van der Waals surface area (Å²) in [4.78, 5) is 24.0. The highest BCUT2D eigenvalue weighted by molar-refractivity contribution is 6.00. The van der Waals surface area contributed by atoms with Gasteiger partial charge in [0.2, 0.25) is 5.91 Å². The average molecular weight is 306 g/mol. The summed E-state index contributed by atoms with van der Waals surface area (Å²) in [5.41, 5.74) is 0.986. The van der Waals surface area contributed by atoms with Crippen LogP contribution in [0.3, 0.4) is 0 Å². The molecule has 1 heterocycles. The first-order chi connectivity index (χ1) is 10.4. The topological polar surface area (TPSA) is 71.3 Å². The first-order valence-corrected chi connectivity index (χ1v) is 7.21. The maximum absolute atomic E-state index is 13.3. The number of carbonyl (C=O) groups is 2. The number of carbonyl (C=O) groups excluding carboxylic acids is 2. The fourth-order valence-electron chi connectivity index (χ4n) is 2.14. The van der Waals surface area contributed by atoms with E-state index < -0.39 is 17.8 Å². The Morgan fingerprint density at radius 2 is 2.09 bits per heavy atom. The molecule has 0 saturated heterocycles. The van der Waals surface area contributed by atoms with Gasteiger partial charge in [-0.2, -0.15) is 0 Å². The molecule has 0 aliphatic rings. The second-order valence-electron chi connectivity index (χ2n) is 5.18. The number of fused-ring (bicyclic) bond motifs is 1. The van der Waals surface area contributed by atoms with Crippen LogP contribution in [0.4, 0.5) is 4.39 Å². The Morgan fingerprint density at radius 1 is 1.36 bits per heavy atom. The summed E-state index contributed by atoms with van der Waals surface area (Å²) in [6.45, 7) is 5.78. The van der Waals surface area contributed by atoms with E-state index in [4.69, 9.17) is 4.42 Å². The van der Waals surface area contributed by atoms with Crippen molar-refractivity contribution < 1.29 is 18.4 Å². The van der Waals surface area contributed by atoms with Crippen LogP contribution in [-0.4, -0.2) is 24.4 Å². The third-order valence-electron chi connectivity index (χ3n) is 3.39. The second kappa shape index (κ2) is 6.60. The summed E-state index contributed by atoms with van der Waals surface area (Å²) in [5.74, 6) is -1.05. The predicted molar refractivity (Wildman–Crippen MR) is 81.1 cm³/mol.